The molecule has 0 saturated carbocycles. The van der Waals surface area contributed by atoms with E-state index in [2.05, 4.69) is 20.8 Å². The van der Waals surface area contributed by atoms with Gasteiger partial charge in [-0.2, -0.15) is 10.4 Å². The molecule has 3 aromatic rings. The zero-order valence-electron chi connectivity index (χ0n) is 13.9. The minimum absolute atomic E-state index is 0.00955. The number of nitriles is 1. The highest BCUT2D eigenvalue weighted by molar-refractivity contribution is 6.07. The Hall–Kier alpha value is -3.59. The maximum Gasteiger partial charge on any atom is 0.267 e. The van der Waals surface area contributed by atoms with Crippen LogP contribution < -0.4 is 10.6 Å². The van der Waals surface area contributed by atoms with Crippen molar-refractivity contribution in [3.05, 3.63) is 65.5 Å². The molecule has 0 aliphatic heterocycles. The molecular formula is C19H17N5O. The lowest BCUT2D eigenvalue weighted by Gasteiger charge is -2.09. The van der Waals surface area contributed by atoms with E-state index >= 15 is 0 Å². The van der Waals surface area contributed by atoms with Crippen LogP contribution in [0.4, 0.5) is 11.4 Å². The number of hydrogen-bond acceptors (Lipinski definition) is 4. The minimum atomic E-state index is -0.454. The van der Waals surface area contributed by atoms with Gasteiger partial charge < -0.3 is 10.6 Å². The van der Waals surface area contributed by atoms with Crippen LogP contribution in [-0.2, 0) is 4.79 Å². The van der Waals surface area contributed by atoms with Gasteiger partial charge in [0, 0.05) is 23.0 Å². The van der Waals surface area contributed by atoms with E-state index in [1.165, 1.54) is 6.20 Å². The SMILES string of the molecule is Cc1ccc(NC(=O)/C(C#N)=C\Nc2ccc3cn[nH]c3c2)c(C)c1. The molecule has 25 heavy (non-hydrogen) atoms. The molecule has 6 heteroatoms. The average Bonchev–Trinajstić information content (AvgIpc) is 3.05. The highest BCUT2D eigenvalue weighted by Crippen LogP contribution is 2.18. The van der Waals surface area contributed by atoms with E-state index in [-0.39, 0.29) is 5.57 Å². The third kappa shape index (κ3) is 3.67. The number of amides is 1. The number of hydrogen-bond donors (Lipinski definition) is 3. The lowest BCUT2D eigenvalue weighted by molar-refractivity contribution is -0.112. The van der Waals surface area contributed by atoms with Gasteiger partial charge in [-0.3, -0.25) is 9.89 Å². The third-order valence-corrected chi connectivity index (χ3v) is 3.82. The molecule has 0 radical (unpaired) electrons. The number of carbonyl (C=O) groups excluding carboxylic acids is 1. The van der Waals surface area contributed by atoms with Crippen LogP contribution in [0.5, 0.6) is 0 Å². The zero-order valence-corrected chi connectivity index (χ0v) is 13.9. The van der Waals surface area contributed by atoms with Crippen LogP contribution in [-0.4, -0.2) is 16.1 Å². The van der Waals surface area contributed by atoms with Crippen LogP contribution in [0.3, 0.4) is 0 Å². The first-order valence-electron chi connectivity index (χ1n) is 7.75. The monoisotopic (exact) mass is 331 g/mol. The first-order chi connectivity index (χ1) is 12.1. The molecule has 3 N–H and O–H groups in total. The summed E-state index contributed by atoms with van der Waals surface area (Å²) in [7, 11) is 0. The van der Waals surface area contributed by atoms with E-state index < -0.39 is 5.91 Å². The van der Waals surface area contributed by atoms with Crippen LogP contribution in [0.2, 0.25) is 0 Å². The van der Waals surface area contributed by atoms with Crippen molar-refractivity contribution in [2.45, 2.75) is 13.8 Å². The fraction of sp³-hybridized carbons (Fsp3) is 0.105. The molecule has 0 fully saturated rings. The Morgan fingerprint density at radius 3 is 2.84 bits per heavy atom. The molecular weight excluding hydrogens is 314 g/mol. The Morgan fingerprint density at radius 2 is 2.08 bits per heavy atom. The molecule has 0 bridgehead atoms. The zero-order chi connectivity index (χ0) is 17.8. The minimum Gasteiger partial charge on any atom is -0.360 e. The second-order valence-electron chi connectivity index (χ2n) is 5.76. The van der Waals surface area contributed by atoms with Crippen molar-refractivity contribution in [2.24, 2.45) is 0 Å². The first-order valence-corrected chi connectivity index (χ1v) is 7.75. The molecule has 0 aliphatic rings. The van der Waals surface area contributed by atoms with Crippen LogP contribution in [0.25, 0.3) is 10.9 Å². The quantitative estimate of drug-likeness (QED) is 0.502. The summed E-state index contributed by atoms with van der Waals surface area (Å²) in [6.07, 6.45) is 3.13. The highest BCUT2D eigenvalue weighted by atomic mass is 16.1. The van der Waals surface area contributed by atoms with Crippen molar-refractivity contribution < 1.29 is 4.79 Å². The van der Waals surface area contributed by atoms with Gasteiger partial charge in [0.15, 0.2) is 0 Å². The fourth-order valence-corrected chi connectivity index (χ4v) is 2.47. The number of aromatic nitrogens is 2. The topological polar surface area (TPSA) is 93.6 Å². The summed E-state index contributed by atoms with van der Waals surface area (Å²) in [6.45, 7) is 3.90. The van der Waals surface area contributed by atoms with Gasteiger partial charge in [0.2, 0.25) is 0 Å². The number of nitrogens with zero attached hydrogens (tertiary/aromatic N) is 2. The van der Waals surface area contributed by atoms with Crippen molar-refractivity contribution in [3.8, 4) is 6.07 Å². The van der Waals surface area contributed by atoms with E-state index in [9.17, 15) is 10.1 Å². The second kappa shape index (κ2) is 6.89. The highest BCUT2D eigenvalue weighted by Gasteiger charge is 2.10. The molecule has 2 aromatic carbocycles. The van der Waals surface area contributed by atoms with Crippen molar-refractivity contribution >= 4 is 28.2 Å². The van der Waals surface area contributed by atoms with Crippen LogP contribution in [0.1, 0.15) is 11.1 Å². The Morgan fingerprint density at radius 1 is 1.24 bits per heavy atom. The molecule has 124 valence electrons. The number of fused-ring (bicyclic) bond motifs is 1. The van der Waals surface area contributed by atoms with E-state index in [1.54, 1.807) is 6.20 Å². The van der Waals surface area contributed by atoms with Gasteiger partial charge in [-0.15, -0.1) is 0 Å². The number of carbonyl (C=O) groups is 1. The summed E-state index contributed by atoms with van der Waals surface area (Å²) >= 11 is 0. The molecule has 3 rings (SSSR count). The number of nitrogens with one attached hydrogen (secondary N) is 3. The Kier molecular flexibility index (Phi) is 4.48. The van der Waals surface area contributed by atoms with Gasteiger partial charge in [-0.05, 0) is 43.7 Å². The third-order valence-electron chi connectivity index (χ3n) is 3.82. The average molecular weight is 331 g/mol. The van der Waals surface area contributed by atoms with Crippen LogP contribution in [0, 0.1) is 25.2 Å². The number of rotatable bonds is 4. The predicted octanol–water partition coefficient (Wildman–Crippen LogP) is 3.64. The van der Waals surface area contributed by atoms with Gasteiger partial charge in [0.25, 0.3) is 5.91 Å². The van der Waals surface area contributed by atoms with E-state index in [0.29, 0.717) is 5.69 Å². The molecule has 1 amide bonds. The molecule has 6 nitrogen and oxygen atoms in total. The number of H-pyrrole nitrogens is 1. The molecule has 0 saturated heterocycles. The number of aryl methyl sites for hydroxylation is 2. The number of benzene rings is 2. The molecule has 0 aliphatic carbocycles. The van der Waals surface area contributed by atoms with Gasteiger partial charge in [0.1, 0.15) is 11.6 Å². The maximum atomic E-state index is 12.3. The Balaban J connectivity index is 1.75. The summed E-state index contributed by atoms with van der Waals surface area (Å²) in [4.78, 5) is 12.3. The van der Waals surface area contributed by atoms with Crippen molar-refractivity contribution in [2.75, 3.05) is 10.6 Å². The second-order valence-corrected chi connectivity index (χ2v) is 5.76. The summed E-state index contributed by atoms with van der Waals surface area (Å²) in [5.41, 5.74) is 4.37. The van der Waals surface area contributed by atoms with Crippen molar-refractivity contribution in [1.29, 1.82) is 5.26 Å². The lowest BCUT2D eigenvalue weighted by atomic mass is 10.1. The van der Waals surface area contributed by atoms with E-state index in [1.807, 2.05) is 56.3 Å². The largest absolute Gasteiger partial charge is 0.360 e. The molecule has 0 unspecified atom stereocenters. The van der Waals surface area contributed by atoms with Gasteiger partial charge in [-0.1, -0.05) is 17.7 Å². The standard InChI is InChI=1S/C19H17N5O/c1-12-3-6-17(13(2)7-12)23-19(25)15(9-20)10-21-16-5-4-14-11-22-24-18(14)8-16/h3-8,10-11,21H,1-2H3,(H,22,24)(H,23,25)/b15-10-. The summed E-state index contributed by atoms with van der Waals surface area (Å²) < 4.78 is 0. The molecule has 1 aromatic heterocycles. The number of anilines is 2. The van der Waals surface area contributed by atoms with Gasteiger partial charge in [-0.25, -0.2) is 0 Å². The first kappa shape index (κ1) is 16.3. The molecule has 0 atom stereocenters. The predicted molar refractivity (Wildman–Crippen MR) is 98.0 cm³/mol. The van der Waals surface area contributed by atoms with Gasteiger partial charge in [0.05, 0.1) is 11.7 Å². The van der Waals surface area contributed by atoms with Crippen LogP contribution in [0.15, 0.2) is 54.4 Å². The Bertz CT molecular complexity index is 1010. The normalized spacial score (nSPS) is 11.2. The smallest absolute Gasteiger partial charge is 0.267 e. The van der Waals surface area contributed by atoms with Crippen molar-refractivity contribution in [3.63, 3.8) is 0 Å². The van der Waals surface area contributed by atoms with Crippen molar-refractivity contribution in [1.82, 2.24) is 10.2 Å². The van der Waals surface area contributed by atoms with E-state index in [0.717, 1.165) is 27.7 Å². The molecule has 1 heterocycles. The van der Waals surface area contributed by atoms with Gasteiger partial charge >= 0.3 is 0 Å². The lowest BCUT2D eigenvalue weighted by Crippen LogP contribution is -2.15. The summed E-state index contributed by atoms with van der Waals surface area (Å²) in [6, 6.07) is 13.2. The fourth-order valence-electron chi connectivity index (χ4n) is 2.47. The Labute approximate surface area is 145 Å². The maximum absolute atomic E-state index is 12.3. The summed E-state index contributed by atoms with van der Waals surface area (Å²) in [5.74, 6) is -0.454. The van der Waals surface area contributed by atoms with Crippen LogP contribution >= 0.6 is 0 Å². The molecule has 0 spiro atoms. The summed E-state index contributed by atoms with van der Waals surface area (Å²) in [5, 5.41) is 22.8. The van der Waals surface area contributed by atoms with E-state index in [4.69, 9.17) is 0 Å². The number of aromatic amines is 1.